The third-order valence-electron chi connectivity index (χ3n) is 3.41. The largest absolute Gasteiger partial charge is 0.312 e. The van der Waals surface area contributed by atoms with E-state index >= 15 is 0 Å². The highest BCUT2D eigenvalue weighted by Gasteiger charge is 2.23. The molecule has 100 valence electrons. The van der Waals surface area contributed by atoms with Crippen molar-refractivity contribution in [3.63, 3.8) is 0 Å². The molecule has 0 bridgehead atoms. The summed E-state index contributed by atoms with van der Waals surface area (Å²) in [7, 11) is 1.98. The fourth-order valence-corrected chi connectivity index (χ4v) is 4.20. The highest BCUT2D eigenvalue weighted by atomic mass is 79.9. The third kappa shape index (κ3) is 2.59. The van der Waals surface area contributed by atoms with E-state index in [1.807, 2.05) is 13.1 Å². The molecule has 0 aliphatic heterocycles. The van der Waals surface area contributed by atoms with Gasteiger partial charge in [0.05, 0.1) is 5.69 Å². The number of aromatic nitrogens is 1. The van der Waals surface area contributed by atoms with Crippen molar-refractivity contribution < 1.29 is 4.39 Å². The van der Waals surface area contributed by atoms with Crippen molar-refractivity contribution >= 4 is 27.3 Å². The second-order valence-electron chi connectivity index (χ2n) is 4.72. The quantitative estimate of drug-likeness (QED) is 0.881. The first kappa shape index (κ1) is 13.2. The molecule has 0 fully saturated rings. The van der Waals surface area contributed by atoms with E-state index in [0.717, 1.165) is 34.3 Å². The molecule has 1 aromatic heterocycles. The summed E-state index contributed by atoms with van der Waals surface area (Å²) in [5, 5.41) is 4.24. The number of nitrogens with one attached hydrogen (secondary N) is 1. The summed E-state index contributed by atoms with van der Waals surface area (Å²) in [5.74, 6) is -0.234. The zero-order valence-electron chi connectivity index (χ0n) is 10.5. The van der Waals surface area contributed by atoms with E-state index < -0.39 is 0 Å². The van der Waals surface area contributed by atoms with Crippen LogP contribution in [0, 0.1) is 5.82 Å². The van der Waals surface area contributed by atoms with Gasteiger partial charge in [0, 0.05) is 21.0 Å². The number of rotatable bonds is 2. The summed E-state index contributed by atoms with van der Waals surface area (Å²) < 4.78 is 14.2. The van der Waals surface area contributed by atoms with Crippen LogP contribution in [0.3, 0.4) is 0 Å². The smallest absolute Gasteiger partial charge is 0.125 e. The summed E-state index contributed by atoms with van der Waals surface area (Å²) in [6.07, 6.45) is 3.34. The molecule has 2 nitrogen and oxygen atoms in total. The van der Waals surface area contributed by atoms with Crippen molar-refractivity contribution in [3.05, 3.63) is 39.1 Å². The van der Waals surface area contributed by atoms with Crippen LogP contribution < -0.4 is 5.32 Å². The van der Waals surface area contributed by atoms with Gasteiger partial charge >= 0.3 is 0 Å². The minimum absolute atomic E-state index is 0.234. The van der Waals surface area contributed by atoms with E-state index in [1.165, 1.54) is 16.6 Å². The van der Waals surface area contributed by atoms with Gasteiger partial charge in [-0.2, -0.15) is 0 Å². The van der Waals surface area contributed by atoms with Gasteiger partial charge in [0.25, 0.3) is 0 Å². The standard InChI is InChI=1S/C14H14BrFN2S/c1-17-11-3-2-4-12-13(11)19-14(18-12)8-5-9(15)7-10(16)6-8/h5-7,11,17H,2-4H2,1H3. The Hall–Kier alpha value is -0.780. The molecular formula is C14H14BrFN2S. The maximum Gasteiger partial charge on any atom is 0.125 e. The Kier molecular flexibility index (Phi) is 3.69. The van der Waals surface area contributed by atoms with E-state index in [2.05, 4.69) is 21.2 Å². The van der Waals surface area contributed by atoms with Crippen LogP contribution >= 0.6 is 27.3 Å². The van der Waals surface area contributed by atoms with Gasteiger partial charge in [-0.25, -0.2) is 9.37 Å². The summed E-state index contributed by atoms with van der Waals surface area (Å²) >= 11 is 5.01. The molecule has 1 heterocycles. The van der Waals surface area contributed by atoms with Crippen LogP contribution in [0.5, 0.6) is 0 Å². The Morgan fingerprint density at radius 3 is 3.00 bits per heavy atom. The van der Waals surface area contributed by atoms with Crippen LogP contribution in [-0.2, 0) is 6.42 Å². The van der Waals surface area contributed by atoms with Crippen molar-refractivity contribution in [2.24, 2.45) is 0 Å². The van der Waals surface area contributed by atoms with Crippen LogP contribution in [0.15, 0.2) is 22.7 Å². The number of fused-ring (bicyclic) bond motifs is 1. The number of halogens is 2. The number of thiazole rings is 1. The Balaban J connectivity index is 2.04. The number of benzene rings is 1. The molecule has 2 aromatic rings. The van der Waals surface area contributed by atoms with E-state index in [0.29, 0.717) is 6.04 Å². The molecule has 0 spiro atoms. The fraction of sp³-hybridized carbons (Fsp3) is 0.357. The molecule has 1 N–H and O–H groups in total. The van der Waals surface area contributed by atoms with Crippen molar-refractivity contribution in [2.45, 2.75) is 25.3 Å². The lowest BCUT2D eigenvalue weighted by Crippen LogP contribution is -2.19. The third-order valence-corrected chi connectivity index (χ3v) is 5.13. The SMILES string of the molecule is CNC1CCCc2nc(-c3cc(F)cc(Br)c3)sc21. The van der Waals surface area contributed by atoms with Gasteiger partial charge in [-0.3, -0.25) is 0 Å². The fourth-order valence-electron chi connectivity index (χ4n) is 2.50. The van der Waals surface area contributed by atoms with Crippen LogP contribution in [0.2, 0.25) is 0 Å². The first-order valence-corrected chi connectivity index (χ1v) is 7.91. The zero-order valence-corrected chi connectivity index (χ0v) is 12.9. The van der Waals surface area contributed by atoms with Gasteiger partial charge in [-0.1, -0.05) is 15.9 Å². The van der Waals surface area contributed by atoms with Gasteiger partial charge in [0.2, 0.25) is 0 Å². The molecule has 19 heavy (non-hydrogen) atoms. The summed E-state index contributed by atoms with van der Waals surface area (Å²) in [6, 6.07) is 5.32. The van der Waals surface area contributed by atoms with Crippen molar-refractivity contribution in [1.29, 1.82) is 0 Å². The topological polar surface area (TPSA) is 24.9 Å². The number of hydrogen-bond donors (Lipinski definition) is 1. The van der Waals surface area contributed by atoms with Gasteiger partial charge in [0.15, 0.2) is 0 Å². The molecule has 1 unspecified atom stereocenters. The minimum Gasteiger partial charge on any atom is -0.312 e. The van der Waals surface area contributed by atoms with E-state index in [4.69, 9.17) is 4.98 Å². The lowest BCUT2D eigenvalue weighted by molar-refractivity contribution is 0.501. The Morgan fingerprint density at radius 1 is 1.42 bits per heavy atom. The monoisotopic (exact) mass is 340 g/mol. The maximum absolute atomic E-state index is 13.5. The molecule has 1 aliphatic rings. The molecule has 0 saturated carbocycles. The summed E-state index contributed by atoms with van der Waals surface area (Å²) in [6.45, 7) is 0. The second-order valence-corrected chi connectivity index (χ2v) is 6.67. The van der Waals surface area contributed by atoms with E-state index in [1.54, 1.807) is 17.4 Å². The van der Waals surface area contributed by atoms with Crippen LogP contribution in [0.1, 0.15) is 29.5 Å². The predicted octanol–water partition coefficient (Wildman–Crippen LogP) is 4.31. The molecule has 1 aromatic carbocycles. The average molecular weight is 341 g/mol. The van der Waals surface area contributed by atoms with Gasteiger partial charge in [-0.05, 0) is 44.5 Å². The molecule has 1 aliphatic carbocycles. The summed E-state index contributed by atoms with van der Waals surface area (Å²) in [5.41, 5.74) is 2.02. The zero-order chi connectivity index (χ0) is 13.4. The van der Waals surface area contributed by atoms with Gasteiger partial charge < -0.3 is 5.32 Å². The van der Waals surface area contributed by atoms with Gasteiger partial charge in [0.1, 0.15) is 10.8 Å². The van der Waals surface area contributed by atoms with Crippen molar-refractivity contribution in [3.8, 4) is 10.6 Å². The minimum atomic E-state index is -0.234. The predicted molar refractivity (Wildman–Crippen MR) is 79.9 cm³/mol. The molecule has 0 radical (unpaired) electrons. The molecule has 0 amide bonds. The van der Waals surface area contributed by atoms with E-state index in [-0.39, 0.29) is 5.82 Å². The Bertz CT molecular complexity index is 591. The molecule has 3 rings (SSSR count). The average Bonchev–Trinajstić information content (AvgIpc) is 2.81. The normalized spacial score (nSPS) is 18.4. The lowest BCUT2D eigenvalue weighted by atomic mass is 9.98. The van der Waals surface area contributed by atoms with Gasteiger partial charge in [-0.15, -0.1) is 11.3 Å². The van der Waals surface area contributed by atoms with Crippen molar-refractivity contribution in [1.82, 2.24) is 10.3 Å². The van der Waals surface area contributed by atoms with Crippen molar-refractivity contribution in [2.75, 3.05) is 7.05 Å². The second kappa shape index (κ2) is 5.31. The highest BCUT2D eigenvalue weighted by molar-refractivity contribution is 9.10. The molecule has 1 atom stereocenters. The Labute approximate surface area is 124 Å². The lowest BCUT2D eigenvalue weighted by Gasteiger charge is -2.19. The highest BCUT2D eigenvalue weighted by Crippen LogP contribution is 2.38. The molecule has 5 heteroatoms. The van der Waals surface area contributed by atoms with Crippen LogP contribution in [0.25, 0.3) is 10.6 Å². The number of nitrogens with zero attached hydrogens (tertiary/aromatic N) is 1. The van der Waals surface area contributed by atoms with Crippen LogP contribution in [-0.4, -0.2) is 12.0 Å². The molecule has 0 saturated heterocycles. The van der Waals surface area contributed by atoms with Crippen LogP contribution in [0.4, 0.5) is 4.39 Å². The number of hydrogen-bond acceptors (Lipinski definition) is 3. The summed E-state index contributed by atoms with van der Waals surface area (Å²) in [4.78, 5) is 6.00. The Morgan fingerprint density at radius 2 is 2.26 bits per heavy atom. The first-order chi connectivity index (χ1) is 9.17. The number of aryl methyl sites for hydroxylation is 1. The maximum atomic E-state index is 13.5. The van der Waals surface area contributed by atoms with E-state index in [9.17, 15) is 4.39 Å². The first-order valence-electron chi connectivity index (χ1n) is 6.30. The molecular weight excluding hydrogens is 327 g/mol.